The monoisotopic (exact) mass is 280 g/mol. The minimum atomic E-state index is 0.0513. The Balaban J connectivity index is 2.56. The number of rotatable bonds is 4. The van der Waals surface area contributed by atoms with Crippen molar-refractivity contribution >= 4 is 22.5 Å². The lowest BCUT2D eigenvalue weighted by molar-refractivity contribution is 0.199. The summed E-state index contributed by atoms with van der Waals surface area (Å²) in [7, 11) is 0. The molecule has 2 aromatic rings. The Morgan fingerprint density at radius 1 is 0.947 bits per heavy atom. The zero-order chi connectivity index (χ0) is 14.0. The van der Waals surface area contributed by atoms with E-state index >= 15 is 0 Å². The third kappa shape index (κ3) is 3.26. The van der Waals surface area contributed by atoms with Gasteiger partial charge in [0.05, 0.1) is 17.7 Å². The quantitative estimate of drug-likeness (QED) is 0.798. The van der Waals surface area contributed by atoms with E-state index in [2.05, 4.69) is 9.97 Å². The fourth-order valence-electron chi connectivity index (χ4n) is 1.72. The van der Waals surface area contributed by atoms with Crippen LogP contribution < -0.4 is 9.47 Å². The first-order valence-corrected chi connectivity index (χ1v) is 6.62. The summed E-state index contributed by atoms with van der Waals surface area (Å²) >= 11 is 6.08. The fourth-order valence-corrected chi connectivity index (χ4v) is 1.92. The molecule has 102 valence electrons. The Hall–Kier alpha value is -1.55. The van der Waals surface area contributed by atoms with Crippen molar-refractivity contribution in [2.24, 2.45) is 0 Å². The fraction of sp³-hybridized carbons (Fsp3) is 0.429. The van der Waals surface area contributed by atoms with Crippen LogP contribution in [0.25, 0.3) is 10.9 Å². The minimum Gasteiger partial charge on any atom is -0.487 e. The summed E-state index contributed by atoms with van der Waals surface area (Å²) in [5.41, 5.74) is 0.742. The lowest BCUT2D eigenvalue weighted by Gasteiger charge is -2.17. The summed E-state index contributed by atoms with van der Waals surface area (Å²) in [5, 5.41) is 1.17. The van der Waals surface area contributed by atoms with Crippen molar-refractivity contribution in [2.75, 3.05) is 0 Å². The molecule has 5 heteroatoms. The van der Waals surface area contributed by atoms with Gasteiger partial charge in [0.1, 0.15) is 11.5 Å². The van der Waals surface area contributed by atoms with Gasteiger partial charge in [0.2, 0.25) is 0 Å². The molecule has 4 nitrogen and oxygen atoms in total. The summed E-state index contributed by atoms with van der Waals surface area (Å²) in [6, 6.07) is 3.66. The van der Waals surface area contributed by atoms with E-state index in [9.17, 15) is 0 Å². The molecule has 0 saturated carbocycles. The zero-order valence-electron chi connectivity index (χ0n) is 11.5. The van der Waals surface area contributed by atoms with Crippen molar-refractivity contribution in [2.45, 2.75) is 39.9 Å². The van der Waals surface area contributed by atoms with E-state index in [-0.39, 0.29) is 12.2 Å². The predicted molar refractivity (Wildman–Crippen MR) is 76.1 cm³/mol. The van der Waals surface area contributed by atoms with Gasteiger partial charge in [0, 0.05) is 11.5 Å². The van der Waals surface area contributed by atoms with E-state index in [4.69, 9.17) is 21.1 Å². The highest BCUT2D eigenvalue weighted by atomic mass is 35.5. The summed E-state index contributed by atoms with van der Waals surface area (Å²) in [5.74, 6) is 1.33. The maximum absolute atomic E-state index is 6.08. The smallest absolute Gasteiger partial charge is 0.163 e. The maximum Gasteiger partial charge on any atom is 0.163 e. The van der Waals surface area contributed by atoms with E-state index in [1.807, 2.05) is 39.8 Å². The molecule has 0 unspecified atom stereocenters. The first-order chi connectivity index (χ1) is 8.97. The zero-order valence-corrected chi connectivity index (χ0v) is 12.2. The average molecular weight is 281 g/mol. The van der Waals surface area contributed by atoms with Gasteiger partial charge in [-0.2, -0.15) is 0 Å². The van der Waals surface area contributed by atoms with E-state index in [0.29, 0.717) is 16.7 Å². The standard InChI is InChI=1S/C14H17ClN2O2/c1-8(2)18-12-5-10-11(16-7-17-14(10)15)6-13(12)19-9(3)4/h5-9H,1-4H3. The number of aromatic nitrogens is 2. The molecule has 0 N–H and O–H groups in total. The van der Waals surface area contributed by atoms with Crippen LogP contribution in [0.2, 0.25) is 5.15 Å². The molecule has 0 fully saturated rings. The number of hydrogen-bond acceptors (Lipinski definition) is 4. The van der Waals surface area contributed by atoms with Gasteiger partial charge in [0.25, 0.3) is 0 Å². The van der Waals surface area contributed by atoms with Crippen molar-refractivity contribution in [3.63, 3.8) is 0 Å². The molecule has 1 heterocycles. The molecule has 0 saturated heterocycles. The maximum atomic E-state index is 6.08. The van der Waals surface area contributed by atoms with Crippen LogP contribution in [0.1, 0.15) is 27.7 Å². The van der Waals surface area contributed by atoms with Gasteiger partial charge in [-0.05, 0) is 33.8 Å². The second-order valence-corrected chi connectivity index (χ2v) is 5.17. The van der Waals surface area contributed by atoms with Crippen LogP contribution in [-0.2, 0) is 0 Å². The number of halogens is 1. The van der Waals surface area contributed by atoms with Crippen molar-refractivity contribution in [3.8, 4) is 11.5 Å². The van der Waals surface area contributed by atoms with Crippen molar-refractivity contribution in [3.05, 3.63) is 23.6 Å². The predicted octanol–water partition coefficient (Wildman–Crippen LogP) is 3.86. The molecule has 19 heavy (non-hydrogen) atoms. The molecule has 1 aromatic heterocycles. The van der Waals surface area contributed by atoms with Crippen molar-refractivity contribution in [1.29, 1.82) is 0 Å². The molecule has 0 aliphatic carbocycles. The summed E-state index contributed by atoms with van der Waals surface area (Å²) < 4.78 is 11.5. The minimum absolute atomic E-state index is 0.0513. The van der Waals surface area contributed by atoms with Crippen LogP contribution in [0.5, 0.6) is 11.5 Å². The summed E-state index contributed by atoms with van der Waals surface area (Å²) in [6.07, 6.45) is 1.55. The molecular weight excluding hydrogens is 264 g/mol. The first-order valence-electron chi connectivity index (χ1n) is 6.25. The van der Waals surface area contributed by atoms with Crippen LogP contribution in [0.4, 0.5) is 0 Å². The van der Waals surface area contributed by atoms with Crippen LogP contribution in [-0.4, -0.2) is 22.2 Å². The Kier molecular flexibility index (Phi) is 4.10. The second kappa shape index (κ2) is 5.61. The number of ether oxygens (including phenoxy) is 2. The lowest BCUT2D eigenvalue weighted by atomic mass is 10.2. The second-order valence-electron chi connectivity index (χ2n) is 4.81. The van der Waals surface area contributed by atoms with E-state index in [1.165, 1.54) is 6.33 Å². The van der Waals surface area contributed by atoms with Gasteiger partial charge in [-0.3, -0.25) is 0 Å². The molecule has 1 aromatic carbocycles. The van der Waals surface area contributed by atoms with Gasteiger partial charge in [-0.15, -0.1) is 0 Å². The van der Waals surface area contributed by atoms with Gasteiger partial charge in [0.15, 0.2) is 11.5 Å². The average Bonchev–Trinajstić information content (AvgIpc) is 2.29. The Morgan fingerprint density at radius 2 is 1.53 bits per heavy atom. The highest BCUT2D eigenvalue weighted by Gasteiger charge is 2.13. The van der Waals surface area contributed by atoms with Crippen LogP contribution in [0.15, 0.2) is 18.5 Å². The van der Waals surface area contributed by atoms with Gasteiger partial charge >= 0.3 is 0 Å². The van der Waals surface area contributed by atoms with Crippen molar-refractivity contribution < 1.29 is 9.47 Å². The summed E-state index contributed by atoms with van der Waals surface area (Å²) in [6.45, 7) is 7.87. The summed E-state index contributed by atoms with van der Waals surface area (Å²) in [4.78, 5) is 8.18. The normalized spacial score (nSPS) is 11.3. The number of hydrogen-bond donors (Lipinski definition) is 0. The SMILES string of the molecule is CC(C)Oc1cc2ncnc(Cl)c2cc1OC(C)C. The molecule has 0 bridgehead atoms. The third-order valence-corrected chi connectivity index (χ3v) is 2.68. The van der Waals surface area contributed by atoms with Crippen molar-refractivity contribution in [1.82, 2.24) is 9.97 Å². The third-order valence-electron chi connectivity index (χ3n) is 2.38. The van der Waals surface area contributed by atoms with Gasteiger partial charge < -0.3 is 9.47 Å². The molecule has 0 aliphatic rings. The molecule has 2 rings (SSSR count). The number of nitrogens with zero attached hydrogens (tertiary/aromatic N) is 2. The lowest BCUT2D eigenvalue weighted by Crippen LogP contribution is -2.11. The van der Waals surface area contributed by atoms with Crippen LogP contribution in [0.3, 0.4) is 0 Å². The highest BCUT2D eigenvalue weighted by molar-refractivity contribution is 6.34. The molecular formula is C14H17ClN2O2. The van der Waals surface area contributed by atoms with E-state index < -0.39 is 0 Å². The van der Waals surface area contributed by atoms with Crippen LogP contribution >= 0.6 is 11.6 Å². The molecule has 0 aliphatic heterocycles. The number of fused-ring (bicyclic) bond motifs is 1. The molecule has 0 radical (unpaired) electrons. The van der Waals surface area contributed by atoms with E-state index in [0.717, 1.165) is 10.9 Å². The molecule has 0 spiro atoms. The largest absolute Gasteiger partial charge is 0.487 e. The topological polar surface area (TPSA) is 44.2 Å². The first kappa shape index (κ1) is 13.9. The van der Waals surface area contributed by atoms with Gasteiger partial charge in [-0.25, -0.2) is 9.97 Å². The Labute approximate surface area is 117 Å². The van der Waals surface area contributed by atoms with E-state index in [1.54, 1.807) is 0 Å². The molecule has 0 amide bonds. The van der Waals surface area contributed by atoms with Gasteiger partial charge in [-0.1, -0.05) is 11.6 Å². The Morgan fingerprint density at radius 3 is 2.11 bits per heavy atom. The Bertz CT molecular complexity index is 585. The highest BCUT2D eigenvalue weighted by Crippen LogP contribution is 2.35. The number of benzene rings is 1. The molecule has 0 atom stereocenters. The van der Waals surface area contributed by atoms with Crippen LogP contribution in [0, 0.1) is 0 Å².